The van der Waals surface area contributed by atoms with Crippen LogP contribution in [-0.2, 0) is 0 Å². The minimum atomic E-state index is -0.452. The van der Waals surface area contributed by atoms with Gasteiger partial charge in [-0.2, -0.15) is 0 Å². The molecule has 0 radical (unpaired) electrons. The fourth-order valence-corrected chi connectivity index (χ4v) is 1.58. The zero-order chi connectivity index (χ0) is 13.5. The molecule has 0 aliphatic carbocycles. The lowest BCUT2D eigenvalue weighted by molar-refractivity contribution is 0.0795. The van der Waals surface area contributed by atoms with Gasteiger partial charge in [0, 0.05) is 19.2 Å². The van der Waals surface area contributed by atoms with Crippen molar-refractivity contribution in [1.82, 2.24) is 4.90 Å². The van der Waals surface area contributed by atoms with Crippen LogP contribution in [-0.4, -0.2) is 36.1 Å². The van der Waals surface area contributed by atoms with Gasteiger partial charge in [0.05, 0.1) is 5.56 Å². The first-order chi connectivity index (χ1) is 8.60. The highest BCUT2D eigenvalue weighted by Crippen LogP contribution is 2.12. The van der Waals surface area contributed by atoms with Gasteiger partial charge in [-0.1, -0.05) is 18.8 Å². The first-order valence-electron chi connectivity index (χ1n) is 5.75. The molecule has 0 atom stereocenters. The summed E-state index contributed by atoms with van der Waals surface area (Å²) in [6.45, 7) is 2.28. The fourth-order valence-electron chi connectivity index (χ4n) is 1.58. The molecule has 1 rings (SSSR count). The van der Waals surface area contributed by atoms with Crippen molar-refractivity contribution in [2.75, 3.05) is 20.2 Å². The summed E-state index contributed by atoms with van der Waals surface area (Å²) >= 11 is 0. The van der Waals surface area contributed by atoms with Gasteiger partial charge in [0.25, 0.3) is 5.91 Å². The smallest absolute Gasteiger partial charge is 0.254 e. The molecule has 0 spiro atoms. The summed E-state index contributed by atoms with van der Waals surface area (Å²) in [5.74, 6) is 4.37. The van der Waals surface area contributed by atoms with Crippen molar-refractivity contribution >= 4 is 5.91 Å². The molecule has 0 saturated heterocycles. The highest BCUT2D eigenvalue weighted by Gasteiger charge is 2.14. The lowest BCUT2D eigenvalue weighted by Gasteiger charge is -2.17. The van der Waals surface area contributed by atoms with Crippen LogP contribution >= 0.6 is 0 Å². The van der Waals surface area contributed by atoms with Gasteiger partial charge in [-0.3, -0.25) is 4.79 Å². The van der Waals surface area contributed by atoms with Crippen LogP contribution in [0, 0.1) is 17.7 Å². The Morgan fingerprint density at radius 2 is 2.22 bits per heavy atom. The third kappa shape index (κ3) is 3.57. The summed E-state index contributed by atoms with van der Waals surface area (Å²) in [7, 11) is 1.69. The van der Waals surface area contributed by atoms with E-state index in [0.29, 0.717) is 17.7 Å². The minimum absolute atomic E-state index is 0.195. The minimum Gasteiger partial charge on any atom is -0.384 e. The first kappa shape index (κ1) is 14.2. The van der Waals surface area contributed by atoms with Gasteiger partial charge in [-0.25, -0.2) is 4.39 Å². The van der Waals surface area contributed by atoms with E-state index in [0.717, 1.165) is 6.42 Å². The molecule has 4 heteroatoms. The highest BCUT2D eigenvalue weighted by atomic mass is 19.1. The van der Waals surface area contributed by atoms with Crippen LogP contribution in [0.1, 0.15) is 29.3 Å². The third-order valence-electron chi connectivity index (χ3n) is 2.42. The van der Waals surface area contributed by atoms with E-state index in [2.05, 4.69) is 11.8 Å². The molecule has 1 amide bonds. The standard InChI is InChI=1S/C14H16FNO2/c1-3-8-16(2)14(18)13-7-6-12(15)10-11(13)5-4-9-17/h6-7,10,17H,3,8-9H2,1-2H3. The normalized spacial score (nSPS) is 9.56. The van der Waals surface area contributed by atoms with E-state index >= 15 is 0 Å². The number of amides is 1. The summed E-state index contributed by atoms with van der Waals surface area (Å²) in [5.41, 5.74) is 0.658. The number of nitrogens with zero attached hydrogens (tertiary/aromatic N) is 1. The Morgan fingerprint density at radius 3 is 2.83 bits per heavy atom. The zero-order valence-corrected chi connectivity index (χ0v) is 10.5. The molecule has 1 N–H and O–H groups in total. The van der Waals surface area contributed by atoms with Crippen LogP contribution in [0.25, 0.3) is 0 Å². The van der Waals surface area contributed by atoms with E-state index < -0.39 is 5.82 Å². The molecular formula is C14H16FNO2. The summed E-state index contributed by atoms with van der Waals surface area (Å²) < 4.78 is 13.1. The predicted octanol–water partition coefficient (Wildman–Crippen LogP) is 1.65. The van der Waals surface area contributed by atoms with Crippen LogP contribution in [0.5, 0.6) is 0 Å². The van der Waals surface area contributed by atoms with Crippen molar-refractivity contribution in [3.8, 4) is 11.8 Å². The van der Waals surface area contributed by atoms with Gasteiger partial charge in [0.2, 0.25) is 0 Å². The molecular weight excluding hydrogens is 233 g/mol. The van der Waals surface area contributed by atoms with Crippen LogP contribution in [0.4, 0.5) is 4.39 Å². The first-order valence-corrected chi connectivity index (χ1v) is 5.75. The molecule has 0 heterocycles. The van der Waals surface area contributed by atoms with Crippen molar-refractivity contribution in [1.29, 1.82) is 0 Å². The van der Waals surface area contributed by atoms with Crippen molar-refractivity contribution in [3.63, 3.8) is 0 Å². The molecule has 0 unspecified atom stereocenters. The van der Waals surface area contributed by atoms with Crippen molar-refractivity contribution < 1.29 is 14.3 Å². The van der Waals surface area contributed by atoms with Crippen molar-refractivity contribution in [3.05, 3.63) is 35.1 Å². The van der Waals surface area contributed by atoms with E-state index in [9.17, 15) is 9.18 Å². The fraction of sp³-hybridized carbons (Fsp3) is 0.357. The summed E-state index contributed by atoms with van der Waals surface area (Å²) in [4.78, 5) is 13.7. The number of hydrogen-bond donors (Lipinski definition) is 1. The van der Waals surface area contributed by atoms with Crippen LogP contribution in [0.3, 0.4) is 0 Å². The molecule has 0 aliphatic rings. The average Bonchev–Trinajstić information content (AvgIpc) is 2.36. The van der Waals surface area contributed by atoms with Crippen molar-refractivity contribution in [2.24, 2.45) is 0 Å². The van der Waals surface area contributed by atoms with Gasteiger partial charge >= 0.3 is 0 Å². The van der Waals surface area contributed by atoms with E-state index in [-0.39, 0.29) is 12.5 Å². The van der Waals surface area contributed by atoms with E-state index in [1.807, 2.05) is 6.92 Å². The third-order valence-corrected chi connectivity index (χ3v) is 2.42. The number of carbonyl (C=O) groups is 1. The highest BCUT2D eigenvalue weighted by molar-refractivity contribution is 5.96. The summed E-state index contributed by atoms with van der Waals surface area (Å²) in [6, 6.07) is 3.86. The quantitative estimate of drug-likeness (QED) is 0.827. The molecule has 1 aromatic rings. The second-order valence-corrected chi connectivity index (χ2v) is 3.88. The van der Waals surface area contributed by atoms with Crippen molar-refractivity contribution in [2.45, 2.75) is 13.3 Å². The summed E-state index contributed by atoms with van der Waals surface area (Å²) in [6.07, 6.45) is 0.848. The lowest BCUT2D eigenvalue weighted by atomic mass is 10.1. The number of aliphatic hydroxyl groups excluding tert-OH is 1. The van der Waals surface area contributed by atoms with E-state index in [1.54, 1.807) is 11.9 Å². The Hall–Kier alpha value is -1.86. The monoisotopic (exact) mass is 249 g/mol. The SMILES string of the molecule is CCCN(C)C(=O)c1ccc(F)cc1C#CCO. The maximum absolute atomic E-state index is 13.1. The summed E-state index contributed by atoms with van der Waals surface area (Å²) in [5, 5.41) is 8.66. The Balaban J connectivity index is 3.11. The number of benzene rings is 1. The molecule has 0 fully saturated rings. The van der Waals surface area contributed by atoms with E-state index in [4.69, 9.17) is 5.11 Å². The molecule has 1 aromatic carbocycles. The number of rotatable bonds is 3. The molecule has 0 aliphatic heterocycles. The number of aliphatic hydroxyl groups is 1. The Labute approximate surface area is 106 Å². The van der Waals surface area contributed by atoms with Gasteiger partial charge in [0.1, 0.15) is 12.4 Å². The average molecular weight is 249 g/mol. The van der Waals surface area contributed by atoms with Gasteiger partial charge in [-0.15, -0.1) is 0 Å². The van der Waals surface area contributed by atoms with Crippen LogP contribution in [0.15, 0.2) is 18.2 Å². The van der Waals surface area contributed by atoms with Crippen LogP contribution < -0.4 is 0 Å². The molecule has 96 valence electrons. The largest absolute Gasteiger partial charge is 0.384 e. The van der Waals surface area contributed by atoms with Gasteiger partial charge in [-0.05, 0) is 24.6 Å². The van der Waals surface area contributed by atoms with Gasteiger partial charge < -0.3 is 10.0 Å². The van der Waals surface area contributed by atoms with E-state index in [1.165, 1.54) is 18.2 Å². The Bertz CT molecular complexity index is 488. The molecule has 3 nitrogen and oxygen atoms in total. The predicted molar refractivity (Wildman–Crippen MR) is 67.6 cm³/mol. The van der Waals surface area contributed by atoms with Gasteiger partial charge in [0.15, 0.2) is 0 Å². The molecule has 0 saturated carbocycles. The number of halogens is 1. The lowest BCUT2D eigenvalue weighted by Crippen LogP contribution is -2.28. The maximum Gasteiger partial charge on any atom is 0.254 e. The second kappa shape index (κ2) is 6.77. The van der Waals surface area contributed by atoms with Crippen LogP contribution in [0.2, 0.25) is 0 Å². The molecule has 18 heavy (non-hydrogen) atoms. The molecule has 0 bridgehead atoms. The number of hydrogen-bond acceptors (Lipinski definition) is 2. The Morgan fingerprint density at radius 1 is 1.50 bits per heavy atom. The Kier molecular flexibility index (Phi) is 5.34. The second-order valence-electron chi connectivity index (χ2n) is 3.88. The topological polar surface area (TPSA) is 40.5 Å². The maximum atomic E-state index is 13.1. The zero-order valence-electron chi connectivity index (χ0n) is 10.5. The number of carbonyl (C=O) groups excluding carboxylic acids is 1. The molecule has 0 aromatic heterocycles.